The van der Waals surface area contributed by atoms with Gasteiger partial charge in [-0.15, -0.1) is 0 Å². The number of anilines is 4. The molecule has 0 fully saturated rings. The first-order valence-electron chi connectivity index (χ1n) is 46.3. The molecule has 144 heavy (non-hydrogen) atoms. The molecule has 4 atom stereocenters. The molecule has 752 valence electrons. The second-order valence-electron chi connectivity index (χ2n) is 33.8. The number of Topliss-reactive ketones (excluding diaryl/α,β-unsaturated/α-hetero) is 4. The van der Waals surface area contributed by atoms with Crippen LogP contribution in [-0.2, 0) is 46.2 Å². The third-order valence-electron chi connectivity index (χ3n) is 23.8. The Bertz CT molecular complexity index is 7020. The minimum atomic E-state index is -0.967. The van der Waals surface area contributed by atoms with E-state index in [2.05, 4.69) is 41.2 Å². The number of methoxy groups -OCH3 is 3. The summed E-state index contributed by atoms with van der Waals surface area (Å²) in [6.45, 7) is 9.71. The number of fused-ring (bicyclic) bond motifs is 4. The third kappa shape index (κ3) is 26.5. The van der Waals surface area contributed by atoms with Gasteiger partial charge in [0.05, 0.1) is 94.0 Å². The van der Waals surface area contributed by atoms with Crippen molar-refractivity contribution >= 4 is 147 Å². The van der Waals surface area contributed by atoms with E-state index in [-0.39, 0.29) is 87.1 Å². The highest BCUT2D eigenvalue weighted by molar-refractivity contribution is 6.32. The standard InChI is InChI=1S/C29H31ClN2O5.C28H28ClFN2O5.C28H29ClN2O5.C26H24Cl2N2O4/c1-4-7-37-23-12-21(11-22(13-23)36-3)32-28(24-6-5-20(30)9-19(24)16-34)29(35)26-14-31-27-10-18(15-33)17(2)8-25(26)27;1-3-6-37-21-10-19(9-20(11-21)36-2)32-27(22-5-4-18(29)7-16(22)14-33)28(35)24-13-31-26-8-17(15-34)25(30)12-23(24)26;1-3-8-36-22-12-20(11-21(13-22)35-2)31-27(23-7-5-19(29)10-18(23)16-33)28(34)25-14-30-26-9-17(15-32)4-6-24(25)26;1-15-8-19(12-20(9-15)34-7-6-31)30-25(21-4-2-17(27)10-16(21)14-32)26(33)23-13-29-24-11-18(28)3-5-22(23)24/h5-6,8-14,28,31-34H,4,7,15-16H2,1-3H3;4-5,7-13,27,31-34H,3,6,14-15H2,1-2H3;4-7,9-14,27,30-33H,3,8,15-16H2,1-2H3;2-5,8-13,25,29-32H,6-7,14H2,1H3. The fourth-order valence-electron chi connectivity index (χ4n) is 16.7. The highest BCUT2D eigenvalue weighted by atomic mass is 35.5. The fraction of sp³-hybridized carbons (Fsp3) is 0.243. The number of carbonyl (C=O) groups excluding carboxylic acids is 4. The molecule has 27 nitrogen and oxygen atoms in total. The lowest BCUT2D eigenvalue weighted by Crippen LogP contribution is -2.23. The first-order chi connectivity index (χ1) is 69.6. The van der Waals surface area contributed by atoms with Gasteiger partial charge in [-0.25, -0.2) is 4.39 Å². The molecule has 0 saturated heterocycles. The van der Waals surface area contributed by atoms with Gasteiger partial charge < -0.3 is 115 Å². The van der Waals surface area contributed by atoms with E-state index in [1.54, 1.807) is 178 Å². The number of carbonyl (C=O) groups is 4. The number of rotatable bonds is 42. The van der Waals surface area contributed by atoms with Crippen LogP contribution in [-0.4, -0.2) is 138 Å². The lowest BCUT2D eigenvalue weighted by Gasteiger charge is -2.23. The van der Waals surface area contributed by atoms with Gasteiger partial charge >= 0.3 is 0 Å². The molecule has 0 spiro atoms. The quantitative estimate of drug-likeness (QED) is 0.0158. The summed E-state index contributed by atoms with van der Waals surface area (Å²) in [5, 5.41) is 96.1. The lowest BCUT2D eigenvalue weighted by molar-refractivity contribution is 0.0962. The Morgan fingerprint density at radius 2 is 0.611 bits per heavy atom. The zero-order chi connectivity index (χ0) is 103. The van der Waals surface area contributed by atoms with Gasteiger partial charge in [0.2, 0.25) is 0 Å². The second-order valence-corrected chi connectivity index (χ2v) is 36.0. The average Bonchev–Trinajstić information content (AvgIpc) is 1.54. The van der Waals surface area contributed by atoms with Crippen LogP contribution in [0.2, 0.25) is 25.1 Å². The number of halogens is 6. The van der Waals surface area contributed by atoms with Gasteiger partial charge in [-0.2, -0.15) is 0 Å². The molecular weight excluding hydrogens is 1950 g/mol. The normalized spacial score (nSPS) is 12.0. The maximum Gasteiger partial charge on any atom is 0.191 e. The van der Waals surface area contributed by atoms with Crippen molar-refractivity contribution in [1.29, 1.82) is 0 Å². The Morgan fingerprint density at radius 1 is 0.312 bits per heavy atom. The van der Waals surface area contributed by atoms with E-state index in [0.717, 1.165) is 74.2 Å². The molecule has 16 aromatic rings. The van der Waals surface area contributed by atoms with Crippen LogP contribution >= 0.6 is 58.0 Å². The SMILES string of the molecule is CCCOc1cc(NC(C(=O)c2c[nH]c3cc(CO)c(C)cc23)c2ccc(Cl)cc2CO)cc(OC)c1.CCCOc1cc(NC(C(=O)c2c[nH]c3cc(CO)c(F)cc23)c2ccc(Cl)cc2CO)cc(OC)c1.CCCOc1cc(NC(C(=O)c2c[nH]c3cc(CO)ccc23)c2ccc(Cl)cc2CO)cc(OC)c1.Cc1cc(NC(C(=O)c2c[nH]c3cc(Cl)ccc23)c2ccc(Cl)cc2CO)cc(OCCO)c1. The molecule has 12 aromatic carbocycles. The van der Waals surface area contributed by atoms with Gasteiger partial charge in [0.15, 0.2) is 23.1 Å². The van der Waals surface area contributed by atoms with Crippen LogP contribution in [0.25, 0.3) is 43.6 Å². The number of aliphatic hydroxyl groups excluding tert-OH is 8. The summed E-state index contributed by atoms with van der Waals surface area (Å²) in [5.74, 6) is 2.52. The van der Waals surface area contributed by atoms with E-state index in [9.17, 15) is 59.3 Å². The van der Waals surface area contributed by atoms with Crippen molar-refractivity contribution in [3.8, 4) is 40.2 Å². The first-order valence-corrected chi connectivity index (χ1v) is 48.2. The van der Waals surface area contributed by atoms with E-state index in [1.807, 2.05) is 83.1 Å². The van der Waals surface area contributed by atoms with Crippen LogP contribution in [0, 0.1) is 19.7 Å². The number of aryl methyl sites for hydroxylation is 2. The molecule has 4 unspecified atom stereocenters. The minimum Gasteiger partial charge on any atom is -0.497 e. The summed E-state index contributed by atoms with van der Waals surface area (Å²) in [5.41, 5.74) is 14.9. The second kappa shape index (κ2) is 51.0. The maximum atomic E-state index is 14.5. The molecule has 16 N–H and O–H groups in total. The third-order valence-corrected chi connectivity index (χ3v) is 25.0. The molecule has 4 aromatic heterocycles. The van der Waals surface area contributed by atoms with E-state index < -0.39 is 36.6 Å². The monoisotopic (exact) mass is 2050 g/mol. The number of hydrogen-bond donors (Lipinski definition) is 16. The van der Waals surface area contributed by atoms with E-state index in [0.29, 0.717) is 180 Å². The number of ketones is 4. The summed E-state index contributed by atoms with van der Waals surface area (Å²) >= 11 is 30.8. The Hall–Kier alpha value is -13.7. The molecule has 0 amide bonds. The first kappa shape index (κ1) is 108. The molecule has 0 aliphatic rings. The van der Waals surface area contributed by atoms with Crippen molar-refractivity contribution in [2.75, 3.05) is 75.6 Å². The number of aromatic amines is 4. The predicted molar refractivity (Wildman–Crippen MR) is 563 cm³/mol. The van der Waals surface area contributed by atoms with Crippen LogP contribution in [0.5, 0.6) is 40.2 Å². The molecule has 0 saturated carbocycles. The Morgan fingerprint density at radius 3 is 0.958 bits per heavy atom. The molecule has 0 bridgehead atoms. The number of aromatic nitrogens is 4. The molecular formula is C111H112Cl5FN8O19. The molecule has 16 rings (SSSR count). The smallest absolute Gasteiger partial charge is 0.191 e. The number of nitrogens with one attached hydrogen (secondary N) is 8. The van der Waals surface area contributed by atoms with Crippen LogP contribution in [0.3, 0.4) is 0 Å². The summed E-state index contributed by atoms with van der Waals surface area (Å²) in [6.07, 6.45) is 9.04. The zero-order valence-electron chi connectivity index (χ0n) is 80.2. The van der Waals surface area contributed by atoms with Crippen molar-refractivity contribution in [2.24, 2.45) is 0 Å². The van der Waals surface area contributed by atoms with E-state index in [1.165, 1.54) is 25.4 Å². The van der Waals surface area contributed by atoms with Gasteiger partial charge in [0.25, 0.3) is 0 Å². The van der Waals surface area contributed by atoms with Gasteiger partial charge in [0, 0.05) is 205 Å². The fourth-order valence-corrected chi connectivity index (χ4v) is 17.6. The van der Waals surface area contributed by atoms with Crippen LogP contribution in [0.15, 0.2) is 231 Å². The van der Waals surface area contributed by atoms with Crippen molar-refractivity contribution < 1.29 is 97.6 Å². The van der Waals surface area contributed by atoms with Crippen molar-refractivity contribution in [3.63, 3.8) is 0 Å². The molecule has 0 aliphatic heterocycles. The number of aliphatic hydroxyl groups is 8. The molecule has 4 heterocycles. The van der Waals surface area contributed by atoms with Crippen molar-refractivity contribution in [3.05, 3.63) is 357 Å². The Balaban J connectivity index is 0.000000161. The van der Waals surface area contributed by atoms with Gasteiger partial charge in [-0.3, -0.25) is 19.2 Å². The summed E-state index contributed by atoms with van der Waals surface area (Å²) < 4.78 is 53.8. The van der Waals surface area contributed by atoms with Crippen LogP contribution in [0.1, 0.15) is 178 Å². The number of hydrogen-bond acceptors (Lipinski definition) is 23. The zero-order valence-corrected chi connectivity index (χ0v) is 84.0. The predicted octanol–water partition coefficient (Wildman–Crippen LogP) is 23.0. The Kier molecular flexibility index (Phi) is 38.1. The largest absolute Gasteiger partial charge is 0.497 e. The lowest BCUT2D eigenvalue weighted by atomic mass is 9.92. The number of ether oxygens (including phenoxy) is 7. The molecule has 0 aliphatic carbocycles. The highest BCUT2D eigenvalue weighted by Gasteiger charge is 2.34. The average molecular weight is 2060 g/mol. The summed E-state index contributed by atoms with van der Waals surface area (Å²) in [6, 6.07) is 55.5. The Labute approximate surface area is 856 Å². The van der Waals surface area contributed by atoms with Crippen molar-refractivity contribution in [2.45, 2.75) is 124 Å². The summed E-state index contributed by atoms with van der Waals surface area (Å²) in [7, 11) is 4.68. The number of H-pyrrole nitrogens is 4. The maximum absolute atomic E-state index is 14.5. The van der Waals surface area contributed by atoms with Gasteiger partial charge in [0.1, 0.15) is 76.8 Å². The van der Waals surface area contributed by atoms with Crippen LogP contribution in [0.4, 0.5) is 27.1 Å². The summed E-state index contributed by atoms with van der Waals surface area (Å²) in [4.78, 5) is 68.5. The van der Waals surface area contributed by atoms with Crippen molar-refractivity contribution in [1.82, 2.24) is 19.9 Å². The number of benzene rings is 12. The minimum absolute atomic E-state index is 0.0861. The van der Waals surface area contributed by atoms with E-state index >= 15 is 0 Å². The van der Waals surface area contributed by atoms with Gasteiger partial charge in [-0.1, -0.05) is 121 Å². The van der Waals surface area contributed by atoms with E-state index in [4.69, 9.17) is 96.3 Å². The molecule has 0 radical (unpaired) electrons. The highest BCUT2D eigenvalue weighted by Crippen LogP contribution is 2.42. The van der Waals surface area contributed by atoms with Gasteiger partial charge in [-0.05, 0) is 203 Å². The van der Waals surface area contributed by atoms with Crippen LogP contribution < -0.4 is 54.4 Å². The topological polar surface area (TPSA) is 406 Å². The molecule has 33 heteroatoms.